The first-order chi connectivity index (χ1) is 11.5. The van der Waals surface area contributed by atoms with Crippen LogP contribution < -0.4 is 5.32 Å². The SMILES string of the molecule is CN(CC(=O)Nc1ccc(C(=O)N(C)C)cc1)Cc1ccccc1. The Hall–Kier alpha value is -2.66. The summed E-state index contributed by atoms with van der Waals surface area (Å²) in [6.07, 6.45) is 0. The molecule has 0 fully saturated rings. The van der Waals surface area contributed by atoms with E-state index in [-0.39, 0.29) is 11.8 Å². The van der Waals surface area contributed by atoms with Crippen molar-refractivity contribution in [1.82, 2.24) is 9.80 Å². The van der Waals surface area contributed by atoms with E-state index in [1.165, 1.54) is 10.5 Å². The molecular formula is C19H23N3O2. The van der Waals surface area contributed by atoms with Gasteiger partial charge in [-0.3, -0.25) is 14.5 Å². The van der Waals surface area contributed by atoms with Crippen LogP contribution in [0, 0.1) is 0 Å². The highest BCUT2D eigenvalue weighted by atomic mass is 16.2. The lowest BCUT2D eigenvalue weighted by molar-refractivity contribution is -0.117. The van der Waals surface area contributed by atoms with E-state index < -0.39 is 0 Å². The zero-order chi connectivity index (χ0) is 17.5. The number of carbonyl (C=O) groups is 2. The van der Waals surface area contributed by atoms with Gasteiger partial charge in [-0.1, -0.05) is 30.3 Å². The lowest BCUT2D eigenvalue weighted by Gasteiger charge is -2.16. The Morgan fingerprint density at radius 1 is 0.917 bits per heavy atom. The van der Waals surface area contributed by atoms with E-state index in [0.29, 0.717) is 24.3 Å². The van der Waals surface area contributed by atoms with Gasteiger partial charge in [0.25, 0.3) is 5.91 Å². The first kappa shape index (κ1) is 17.7. The number of carbonyl (C=O) groups excluding carboxylic acids is 2. The molecule has 5 nitrogen and oxygen atoms in total. The highest BCUT2D eigenvalue weighted by Crippen LogP contribution is 2.11. The van der Waals surface area contributed by atoms with Gasteiger partial charge in [-0.15, -0.1) is 0 Å². The normalized spacial score (nSPS) is 10.5. The van der Waals surface area contributed by atoms with Gasteiger partial charge in [0, 0.05) is 31.9 Å². The highest BCUT2D eigenvalue weighted by molar-refractivity contribution is 5.95. The standard InChI is InChI=1S/C19H23N3O2/c1-21(2)19(24)16-9-11-17(12-10-16)20-18(23)14-22(3)13-15-7-5-4-6-8-15/h4-12H,13-14H2,1-3H3,(H,20,23). The molecule has 2 rings (SSSR count). The summed E-state index contributed by atoms with van der Waals surface area (Å²) in [5, 5.41) is 2.85. The van der Waals surface area contributed by atoms with Crippen LogP contribution in [0.3, 0.4) is 0 Å². The Kier molecular flexibility index (Phi) is 6.09. The number of likely N-dealkylation sites (N-methyl/N-ethyl adjacent to an activating group) is 1. The minimum atomic E-state index is -0.0832. The summed E-state index contributed by atoms with van der Waals surface area (Å²) in [7, 11) is 5.33. The van der Waals surface area contributed by atoms with Crippen molar-refractivity contribution in [3.8, 4) is 0 Å². The first-order valence-electron chi connectivity index (χ1n) is 7.80. The van der Waals surface area contributed by atoms with Gasteiger partial charge in [0.2, 0.25) is 5.91 Å². The Morgan fingerprint density at radius 3 is 2.12 bits per heavy atom. The molecule has 0 aliphatic rings. The second-order valence-corrected chi connectivity index (χ2v) is 5.98. The van der Waals surface area contributed by atoms with Crippen molar-refractivity contribution in [3.63, 3.8) is 0 Å². The molecule has 24 heavy (non-hydrogen) atoms. The molecule has 2 aromatic rings. The molecule has 0 unspecified atom stereocenters. The fraction of sp³-hybridized carbons (Fsp3) is 0.263. The van der Waals surface area contributed by atoms with Gasteiger partial charge in [-0.2, -0.15) is 0 Å². The van der Waals surface area contributed by atoms with E-state index >= 15 is 0 Å². The number of nitrogens with one attached hydrogen (secondary N) is 1. The van der Waals surface area contributed by atoms with Crippen LogP contribution in [0.5, 0.6) is 0 Å². The molecule has 0 aliphatic carbocycles. The summed E-state index contributed by atoms with van der Waals surface area (Å²) < 4.78 is 0. The van der Waals surface area contributed by atoms with E-state index in [0.717, 1.165) is 0 Å². The maximum Gasteiger partial charge on any atom is 0.253 e. The van der Waals surface area contributed by atoms with Crippen molar-refractivity contribution in [3.05, 3.63) is 65.7 Å². The maximum atomic E-state index is 12.1. The summed E-state index contributed by atoms with van der Waals surface area (Å²) in [6.45, 7) is 1.01. The van der Waals surface area contributed by atoms with Crippen molar-refractivity contribution >= 4 is 17.5 Å². The molecule has 0 aromatic heterocycles. The summed E-state index contributed by atoms with van der Waals surface area (Å²) in [6, 6.07) is 16.9. The van der Waals surface area contributed by atoms with Crippen molar-refractivity contribution in [1.29, 1.82) is 0 Å². The molecule has 1 N–H and O–H groups in total. The predicted octanol–water partition coefficient (Wildman–Crippen LogP) is 2.46. The summed E-state index contributed by atoms with van der Waals surface area (Å²) >= 11 is 0. The van der Waals surface area contributed by atoms with Crippen LogP contribution in [0.15, 0.2) is 54.6 Å². The lowest BCUT2D eigenvalue weighted by Crippen LogP contribution is -2.29. The number of anilines is 1. The topological polar surface area (TPSA) is 52.7 Å². The molecule has 0 saturated heterocycles. The average Bonchev–Trinajstić information content (AvgIpc) is 2.55. The third-order valence-electron chi connectivity index (χ3n) is 3.53. The Bertz CT molecular complexity index is 682. The molecular weight excluding hydrogens is 302 g/mol. The molecule has 0 radical (unpaired) electrons. The van der Waals surface area contributed by atoms with Crippen LogP contribution in [-0.2, 0) is 11.3 Å². The Labute approximate surface area is 142 Å². The fourth-order valence-electron chi connectivity index (χ4n) is 2.35. The molecule has 126 valence electrons. The van der Waals surface area contributed by atoms with Gasteiger partial charge in [-0.25, -0.2) is 0 Å². The number of nitrogens with zero attached hydrogens (tertiary/aromatic N) is 2. The minimum Gasteiger partial charge on any atom is -0.345 e. The predicted molar refractivity (Wildman–Crippen MR) is 95.9 cm³/mol. The van der Waals surface area contributed by atoms with Crippen LogP contribution >= 0.6 is 0 Å². The Balaban J connectivity index is 1.86. The highest BCUT2D eigenvalue weighted by Gasteiger charge is 2.10. The summed E-state index contributed by atoms with van der Waals surface area (Å²) in [5.74, 6) is -0.143. The Morgan fingerprint density at radius 2 is 1.54 bits per heavy atom. The minimum absolute atomic E-state index is 0.0597. The third kappa shape index (κ3) is 5.21. The maximum absolute atomic E-state index is 12.1. The second kappa shape index (κ2) is 8.26. The van der Waals surface area contributed by atoms with E-state index in [4.69, 9.17) is 0 Å². The van der Waals surface area contributed by atoms with Crippen LogP contribution in [0.25, 0.3) is 0 Å². The molecule has 0 atom stereocenters. The fourth-order valence-corrected chi connectivity index (χ4v) is 2.35. The van der Waals surface area contributed by atoms with Crippen LogP contribution in [0.1, 0.15) is 15.9 Å². The van der Waals surface area contributed by atoms with Crippen LogP contribution in [0.4, 0.5) is 5.69 Å². The number of benzene rings is 2. The van der Waals surface area contributed by atoms with Gasteiger partial charge in [0.1, 0.15) is 0 Å². The van der Waals surface area contributed by atoms with Crippen LogP contribution in [0.2, 0.25) is 0 Å². The second-order valence-electron chi connectivity index (χ2n) is 5.98. The molecule has 2 aromatic carbocycles. The molecule has 0 spiro atoms. The van der Waals surface area contributed by atoms with Crippen LogP contribution in [-0.4, -0.2) is 49.3 Å². The molecule has 2 amide bonds. The number of hydrogen-bond donors (Lipinski definition) is 1. The van der Waals surface area contributed by atoms with Crippen molar-refractivity contribution in [2.24, 2.45) is 0 Å². The van der Waals surface area contributed by atoms with Gasteiger partial charge in [0.05, 0.1) is 6.54 Å². The first-order valence-corrected chi connectivity index (χ1v) is 7.80. The van der Waals surface area contributed by atoms with Gasteiger partial charge in [-0.05, 0) is 36.9 Å². The molecule has 5 heteroatoms. The summed E-state index contributed by atoms with van der Waals surface area (Å²) in [5.41, 5.74) is 2.45. The van der Waals surface area contributed by atoms with Gasteiger partial charge >= 0.3 is 0 Å². The number of rotatable bonds is 6. The van der Waals surface area contributed by atoms with E-state index in [1.54, 1.807) is 38.4 Å². The van der Waals surface area contributed by atoms with Gasteiger partial charge in [0.15, 0.2) is 0 Å². The van der Waals surface area contributed by atoms with E-state index in [1.807, 2.05) is 42.3 Å². The smallest absolute Gasteiger partial charge is 0.253 e. The molecule has 0 bridgehead atoms. The van der Waals surface area contributed by atoms with E-state index in [9.17, 15) is 9.59 Å². The molecule has 0 heterocycles. The monoisotopic (exact) mass is 325 g/mol. The van der Waals surface area contributed by atoms with Crippen molar-refractivity contribution in [2.75, 3.05) is 33.0 Å². The molecule has 0 aliphatic heterocycles. The molecule has 0 saturated carbocycles. The quantitative estimate of drug-likeness (QED) is 0.887. The van der Waals surface area contributed by atoms with Crippen molar-refractivity contribution < 1.29 is 9.59 Å². The van der Waals surface area contributed by atoms with E-state index in [2.05, 4.69) is 5.32 Å². The lowest BCUT2D eigenvalue weighted by atomic mass is 10.2. The zero-order valence-corrected chi connectivity index (χ0v) is 14.3. The number of hydrogen-bond acceptors (Lipinski definition) is 3. The zero-order valence-electron chi connectivity index (χ0n) is 14.3. The van der Waals surface area contributed by atoms with Crippen molar-refractivity contribution in [2.45, 2.75) is 6.54 Å². The van der Waals surface area contributed by atoms with Gasteiger partial charge < -0.3 is 10.2 Å². The number of amides is 2. The third-order valence-corrected chi connectivity index (χ3v) is 3.53. The summed E-state index contributed by atoms with van der Waals surface area (Å²) in [4.78, 5) is 27.4. The average molecular weight is 325 g/mol. The largest absolute Gasteiger partial charge is 0.345 e.